The molecule has 0 amide bonds. The molecule has 0 heterocycles. The zero-order chi connectivity index (χ0) is 14.1. The molecular formula is C17H28O2. The minimum atomic E-state index is -0.0949. The maximum atomic E-state index is 11.6. The Balaban J connectivity index is 2.08. The molecule has 0 saturated heterocycles. The summed E-state index contributed by atoms with van der Waals surface area (Å²) in [6.45, 7) is 11.2. The zero-order valence-corrected chi connectivity index (χ0v) is 13.1. The first-order valence-corrected chi connectivity index (χ1v) is 7.90. The Kier molecular flexibility index (Phi) is 2.67. The number of ether oxygens (including phenoxy) is 1. The van der Waals surface area contributed by atoms with Crippen molar-refractivity contribution in [3.8, 4) is 0 Å². The first kappa shape index (κ1) is 13.5. The molecule has 0 radical (unpaired) electrons. The lowest BCUT2D eigenvalue weighted by atomic mass is 9.63. The van der Waals surface area contributed by atoms with Crippen LogP contribution in [0.2, 0.25) is 0 Å². The van der Waals surface area contributed by atoms with E-state index in [2.05, 4.69) is 27.7 Å². The predicted molar refractivity (Wildman–Crippen MR) is 75.6 cm³/mol. The lowest BCUT2D eigenvalue weighted by molar-refractivity contribution is -0.163. The molecule has 0 aliphatic heterocycles. The summed E-state index contributed by atoms with van der Waals surface area (Å²) in [6, 6.07) is 0. The summed E-state index contributed by atoms with van der Waals surface area (Å²) in [6.07, 6.45) is 6.63. The molecule has 0 aromatic carbocycles. The third-order valence-electron chi connectivity index (χ3n) is 7.20. The molecule has 19 heavy (non-hydrogen) atoms. The van der Waals surface area contributed by atoms with Crippen molar-refractivity contribution < 1.29 is 9.53 Å². The zero-order valence-electron chi connectivity index (χ0n) is 13.1. The summed E-state index contributed by atoms with van der Waals surface area (Å²) in [5, 5.41) is 0. The molecule has 3 rings (SSSR count). The summed E-state index contributed by atoms with van der Waals surface area (Å²) in [5.74, 6) is 1.21. The molecular weight excluding hydrogens is 236 g/mol. The highest BCUT2D eigenvalue weighted by Crippen LogP contribution is 2.74. The molecule has 108 valence electrons. The minimum absolute atomic E-state index is 0.0949. The number of rotatable bonds is 1. The Morgan fingerprint density at radius 2 is 1.74 bits per heavy atom. The molecule has 4 bridgehead atoms. The molecule has 0 spiro atoms. The van der Waals surface area contributed by atoms with Gasteiger partial charge in [-0.1, -0.05) is 34.1 Å². The molecule has 0 N–H and O–H groups in total. The van der Waals surface area contributed by atoms with Crippen LogP contribution in [0.5, 0.6) is 0 Å². The SMILES string of the molecule is CC(=O)O[C@@H]1[C@@H]2[C@@H]3CC[C@@]1(C)[C@]3(C)CCCC2(C)C. The summed E-state index contributed by atoms with van der Waals surface area (Å²) in [7, 11) is 0. The van der Waals surface area contributed by atoms with Gasteiger partial charge >= 0.3 is 5.97 Å². The smallest absolute Gasteiger partial charge is 0.302 e. The number of hydrogen-bond acceptors (Lipinski definition) is 2. The van der Waals surface area contributed by atoms with Crippen LogP contribution in [0.1, 0.15) is 66.7 Å². The van der Waals surface area contributed by atoms with Gasteiger partial charge in [-0.05, 0) is 42.4 Å². The Morgan fingerprint density at radius 1 is 1.05 bits per heavy atom. The normalized spacial score (nSPS) is 50.9. The first-order chi connectivity index (χ1) is 8.72. The van der Waals surface area contributed by atoms with Crippen LogP contribution in [-0.4, -0.2) is 12.1 Å². The van der Waals surface area contributed by atoms with Gasteiger partial charge < -0.3 is 4.74 Å². The van der Waals surface area contributed by atoms with Gasteiger partial charge in [0.25, 0.3) is 0 Å². The van der Waals surface area contributed by atoms with E-state index >= 15 is 0 Å². The minimum Gasteiger partial charge on any atom is -0.462 e. The van der Waals surface area contributed by atoms with E-state index < -0.39 is 0 Å². The highest BCUT2D eigenvalue weighted by atomic mass is 16.5. The van der Waals surface area contributed by atoms with Crippen molar-refractivity contribution in [2.24, 2.45) is 28.1 Å². The summed E-state index contributed by atoms with van der Waals surface area (Å²) >= 11 is 0. The molecule has 3 aliphatic rings. The van der Waals surface area contributed by atoms with Gasteiger partial charge in [0.15, 0.2) is 0 Å². The average molecular weight is 264 g/mol. The van der Waals surface area contributed by atoms with Gasteiger partial charge in [-0.2, -0.15) is 0 Å². The largest absolute Gasteiger partial charge is 0.462 e. The molecule has 0 aromatic rings. The van der Waals surface area contributed by atoms with Crippen molar-refractivity contribution in [2.75, 3.05) is 0 Å². The standard InChI is InChI=1S/C17H28O2/c1-11(18)19-14-13-12-7-10-17(14,5)16(12,4)9-6-8-15(13,2)3/h12-14H,6-10H2,1-5H3/t12-,13-,14+,16+,17+/m0/s1. The summed E-state index contributed by atoms with van der Waals surface area (Å²) in [5.41, 5.74) is 0.887. The number of esters is 1. The fourth-order valence-electron chi connectivity index (χ4n) is 6.02. The molecule has 5 atom stereocenters. The Hall–Kier alpha value is -0.530. The summed E-state index contributed by atoms with van der Waals surface area (Å²) in [4.78, 5) is 11.6. The van der Waals surface area contributed by atoms with E-state index in [-0.39, 0.29) is 17.5 Å². The van der Waals surface area contributed by atoms with Gasteiger partial charge in [-0.3, -0.25) is 4.79 Å². The van der Waals surface area contributed by atoms with Crippen molar-refractivity contribution in [3.05, 3.63) is 0 Å². The molecule has 3 fully saturated rings. The highest BCUT2D eigenvalue weighted by molar-refractivity contribution is 5.66. The molecule has 0 aromatic heterocycles. The van der Waals surface area contributed by atoms with Crippen molar-refractivity contribution in [2.45, 2.75) is 72.8 Å². The lowest BCUT2D eigenvalue weighted by Gasteiger charge is -2.46. The second kappa shape index (κ2) is 3.77. The second-order valence-corrected chi connectivity index (χ2v) is 8.38. The van der Waals surface area contributed by atoms with Crippen LogP contribution < -0.4 is 0 Å². The monoisotopic (exact) mass is 264 g/mol. The van der Waals surface area contributed by atoms with E-state index in [0.29, 0.717) is 16.7 Å². The van der Waals surface area contributed by atoms with Gasteiger partial charge in [0.1, 0.15) is 6.10 Å². The van der Waals surface area contributed by atoms with E-state index in [1.165, 1.54) is 32.1 Å². The maximum absolute atomic E-state index is 11.6. The Labute approximate surface area is 117 Å². The van der Waals surface area contributed by atoms with Crippen LogP contribution >= 0.6 is 0 Å². The van der Waals surface area contributed by atoms with Crippen molar-refractivity contribution in [3.63, 3.8) is 0 Å². The van der Waals surface area contributed by atoms with E-state index in [9.17, 15) is 4.79 Å². The van der Waals surface area contributed by atoms with Gasteiger partial charge in [0.2, 0.25) is 0 Å². The van der Waals surface area contributed by atoms with E-state index in [4.69, 9.17) is 4.74 Å². The third-order valence-corrected chi connectivity index (χ3v) is 7.20. The number of carbonyl (C=O) groups excluding carboxylic acids is 1. The second-order valence-electron chi connectivity index (χ2n) is 8.38. The lowest BCUT2D eigenvalue weighted by Crippen LogP contribution is -2.46. The van der Waals surface area contributed by atoms with Crippen LogP contribution in [0, 0.1) is 28.1 Å². The van der Waals surface area contributed by atoms with Crippen LogP contribution in [0.4, 0.5) is 0 Å². The van der Waals surface area contributed by atoms with Crippen LogP contribution in [0.3, 0.4) is 0 Å². The van der Waals surface area contributed by atoms with Gasteiger partial charge in [-0.15, -0.1) is 0 Å². The van der Waals surface area contributed by atoms with Crippen molar-refractivity contribution in [1.82, 2.24) is 0 Å². The van der Waals surface area contributed by atoms with Crippen LogP contribution in [0.15, 0.2) is 0 Å². The Bertz CT molecular complexity index is 413. The number of hydrogen-bond donors (Lipinski definition) is 0. The Morgan fingerprint density at radius 3 is 2.37 bits per heavy atom. The van der Waals surface area contributed by atoms with E-state index in [1.807, 2.05) is 0 Å². The molecule has 3 saturated carbocycles. The molecule has 2 nitrogen and oxygen atoms in total. The first-order valence-electron chi connectivity index (χ1n) is 7.90. The fourth-order valence-corrected chi connectivity index (χ4v) is 6.02. The fraction of sp³-hybridized carbons (Fsp3) is 0.941. The van der Waals surface area contributed by atoms with Gasteiger partial charge in [0, 0.05) is 18.3 Å². The van der Waals surface area contributed by atoms with E-state index in [0.717, 1.165) is 5.92 Å². The number of carbonyl (C=O) groups is 1. The highest BCUT2D eigenvalue weighted by Gasteiger charge is 2.72. The van der Waals surface area contributed by atoms with Crippen molar-refractivity contribution in [1.29, 1.82) is 0 Å². The average Bonchev–Trinajstić information content (AvgIpc) is 2.57. The topological polar surface area (TPSA) is 26.3 Å². The van der Waals surface area contributed by atoms with E-state index in [1.54, 1.807) is 6.92 Å². The third kappa shape index (κ3) is 1.52. The van der Waals surface area contributed by atoms with Gasteiger partial charge in [0.05, 0.1) is 0 Å². The van der Waals surface area contributed by atoms with Crippen molar-refractivity contribution >= 4 is 5.97 Å². The maximum Gasteiger partial charge on any atom is 0.302 e. The molecule has 0 unspecified atom stereocenters. The van der Waals surface area contributed by atoms with Crippen LogP contribution in [0.25, 0.3) is 0 Å². The molecule has 3 aliphatic carbocycles. The van der Waals surface area contributed by atoms with Crippen LogP contribution in [-0.2, 0) is 9.53 Å². The molecule has 2 heteroatoms. The predicted octanol–water partition coefficient (Wildman–Crippen LogP) is 4.18. The summed E-state index contributed by atoms with van der Waals surface area (Å²) < 4.78 is 5.88. The van der Waals surface area contributed by atoms with Gasteiger partial charge in [-0.25, -0.2) is 0 Å². The quantitative estimate of drug-likeness (QED) is 0.664.